The number of rotatable bonds is 1. The summed E-state index contributed by atoms with van der Waals surface area (Å²) in [4.78, 5) is -2.40. The van der Waals surface area contributed by atoms with Gasteiger partial charge in [0.1, 0.15) is 0 Å². The molecule has 0 aromatic rings. The van der Waals surface area contributed by atoms with E-state index in [1.165, 1.54) is 0 Å². The molecule has 0 spiro atoms. The van der Waals surface area contributed by atoms with Crippen LogP contribution in [0, 0.1) is 5.21 Å². The Morgan fingerprint density at radius 2 is 2.00 bits per heavy atom. The predicted molar refractivity (Wildman–Crippen MR) is 42.3 cm³/mol. The molecule has 1 unspecified atom stereocenters. The van der Waals surface area contributed by atoms with Gasteiger partial charge in [-0.25, -0.2) is 8.42 Å². The average Bonchev–Trinajstić information content (AvgIpc) is 2.31. The molecule has 0 aromatic heterocycles. The predicted octanol–water partition coefficient (Wildman–Crippen LogP) is 1.01. The molecule has 0 aliphatic carbocycles. The van der Waals surface area contributed by atoms with E-state index >= 15 is 0 Å². The highest BCUT2D eigenvalue weighted by atomic mass is 32.2. The summed E-state index contributed by atoms with van der Waals surface area (Å²) < 4.78 is 58.3. The molecule has 0 saturated carbocycles. The van der Waals surface area contributed by atoms with Gasteiger partial charge < -0.3 is 5.21 Å². The topological polar surface area (TPSA) is 60.2 Å². The Bertz CT molecular complexity index is 372. The normalized spacial score (nSPS) is 29.0. The highest BCUT2D eigenvalue weighted by Crippen LogP contribution is 2.38. The van der Waals surface area contributed by atoms with Crippen molar-refractivity contribution in [3.63, 3.8) is 0 Å². The quantitative estimate of drug-likeness (QED) is 0.500. The summed E-state index contributed by atoms with van der Waals surface area (Å²) in [7, 11) is -5.44. The second kappa shape index (κ2) is 2.85. The van der Waals surface area contributed by atoms with Crippen LogP contribution in [-0.4, -0.2) is 29.8 Å². The summed E-state index contributed by atoms with van der Waals surface area (Å²) in [5, 5.41) is 11.0. The van der Waals surface area contributed by atoms with Gasteiger partial charge in [0.25, 0.3) is 4.87 Å². The Hall–Kier alpha value is -0.790. The molecule has 0 amide bonds. The maximum atomic E-state index is 12.1. The second-order valence-corrected chi connectivity index (χ2v) is 5.52. The van der Waals surface area contributed by atoms with Gasteiger partial charge in [0.15, 0.2) is 6.21 Å². The lowest BCUT2D eigenvalue weighted by Gasteiger charge is -2.24. The van der Waals surface area contributed by atoms with Crippen LogP contribution in [-0.2, 0) is 9.84 Å². The number of sulfone groups is 1. The van der Waals surface area contributed by atoms with Crippen LogP contribution in [0.4, 0.5) is 13.2 Å². The zero-order valence-corrected chi connectivity index (χ0v) is 8.02. The minimum absolute atomic E-state index is 0.0370. The number of hydrogen-bond donors (Lipinski definition) is 0. The van der Waals surface area contributed by atoms with E-state index in [4.69, 9.17) is 0 Å². The van der Waals surface area contributed by atoms with E-state index < -0.39 is 20.2 Å². The van der Waals surface area contributed by atoms with E-state index in [-0.39, 0.29) is 17.6 Å². The Balaban J connectivity index is 3.25. The third-order valence-electron chi connectivity index (χ3n) is 2.25. The van der Waals surface area contributed by atoms with E-state index in [2.05, 4.69) is 0 Å². The lowest BCUT2D eigenvalue weighted by molar-refractivity contribution is -0.503. The van der Waals surface area contributed by atoms with E-state index in [1.807, 2.05) is 0 Å². The molecule has 8 heteroatoms. The van der Waals surface area contributed by atoms with Gasteiger partial charge in [-0.05, 0) is 0 Å². The van der Waals surface area contributed by atoms with Crippen LogP contribution in [0.15, 0.2) is 0 Å². The van der Waals surface area contributed by atoms with E-state index in [0.717, 1.165) is 13.1 Å². The fourth-order valence-corrected chi connectivity index (χ4v) is 2.45. The van der Waals surface area contributed by atoms with Gasteiger partial charge >= 0.3 is 15.3 Å². The summed E-state index contributed by atoms with van der Waals surface area (Å²) in [5.74, 6) is 0. The summed E-state index contributed by atoms with van der Waals surface area (Å²) in [6.45, 7) is 0.784. The molecule has 1 aliphatic heterocycles. The maximum Gasteiger partial charge on any atom is 0.504 e. The SMILES string of the molecule is CC1(S(=O)(=O)C(F)(F)F)CCC=[N+]1[O-]. The molecule has 0 N–H and O–H groups in total. The van der Waals surface area contributed by atoms with Gasteiger partial charge in [-0.15, -0.1) is 0 Å². The zero-order valence-electron chi connectivity index (χ0n) is 7.21. The number of hydrogen-bond acceptors (Lipinski definition) is 3. The van der Waals surface area contributed by atoms with Crippen LogP contribution in [0.1, 0.15) is 19.8 Å². The molecular weight excluding hydrogens is 223 g/mol. The van der Waals surface area contributed by atoms with Crippen LogP contribution in [0.5, 0.6) is 0 Å². The van der Waals surface area contributed by atoms with Gasteiger partial charge in [0.2, 0.25) is 0 Å². The third-order valence-corrected chi connectivity index (χ3v) is 4.40. The first-order chi connectivity index (χ1) is 6.13. The van der Waals surface area contributed by atoms with E-state index in [0.29, 0.717) is 0 Å². The highest BCUT2D eigenvalue weighted by molar-refractivity contribution is 7.93. The monoisotopic (exact) mass is 231 g/mol. The minimum atomic E-state index is -5.44. The van der Waals surface area contributed by atoms with Crippen LogP contribution in [0.2, 0.25) is 0 Å². The molecule has 0 bridgehead atoms. The lowest BCUT2D eigenvalue weighted by Crippen LogP contribution is -2.48. The van der Waals surface area contributed by atoms with Crippen molar-refractivity contribution in [1.82, 2.24) is 0 Å². The second-order valence-electron chi connectivity index (χ2n) is 3.17. The Kier molecular flexibility index (Phi) is 2.30. The van der Waals surface area contributed by atoms with Crippen molar-refractivity contribution < 1.29 is 26.3 Å². The average molecular weight is 231 g/mol. The first-order valence-corrected chi connectivity index (χ1v) is 5.22. The largest absolute Gasteiger partial charge is 0.623 e. The van der Waals surface area contributed by atoms with Crippen molar-refractivity contribution in [2.24, 2.45) is 0 Å². The smallest absolute Gasteiger partial charge is 0.504 e. The third kappa shape index (κ3) is 1.28. The number of hydroxylamine groups is 1. The Morgan fingerprint density at radius 1 is 1.50 bits per heavy atom. The number of halogens is 3. The minimum Gasteiger partial charge on any atom is -0.623 e. The van der Waals surface area contributed by atoms with Gasteiger partial charge in [0, 0.05) is 19.8 Å². The fraction of sp³-hybridized carbons (Fsp3) is 0.833. The van der Waals surface area contributed by atoms with Gasteiger partial charge in [0.05, 0.1) is 0 Å². The van der Waals surface area contributed by atoms with Crippen LogP contribution >= 0.6 is 0 Å². The van der Waals surface area contributed by atoms with Crippen LogP contribution in [0.3, 0.4) is 0 Å². The zero-order chi connectivity index (χ0) is 11.2. The van der Waals surface area contributed by atoms with Crippen molar-refractivity contribution in [3.8, 4) is 0 Å². The van der Waals surface area contributed by atoms with Crippen molar-refractivity contribution >= 4 is 16.1 Å². The molecule has 0 radical (unpaired) electrons. The lowest BCUT2D eigenvalue weighted by atomic mass is 10.2. The highest BCUT2D eigenvalue weighted by Gasteiger charge is 2.63. The molecule has 4 nitrogen and oxygen atoms in total. The molecule has 1 heterocycles. The van der Waals surface area contributed by atoms with Crippen molar-refractivity contribution in [2.45, 2.75) is 30.1 Å². The fourth-order valence-electron chi connectivity index (χ4n) is 1.26. The summed E-state index contributed by atoms with van der Waals surface area (Å²) in [5.41, 5.74) is -5.39. The molecule has 0 saturated heterocycles. The van der Waals surface area contributed by atoms with Gasteiger partial charge in [-0.2, -0.15) is 17.9 Å². The summed E-state index contributed by atoms with van der Waals surface area (Å²) in [6.07, 6.45) is 0.608. The molecule has 1 aliphatic rings. The summed E-state index contributed by atoms with van der Waals surface area (Å²) in [6, 6.07) is 0. The molecular formula is C6H8F3NO3S. The van der Waals surface area contributed by atoms with Gasteiger partial charge in [-0.1, -0.05) is 0 Å². The standard InChI is InChI=1S/C6H8F3NO3S/c1-5(3-2-4-10(5)11)14(12,13)6(7,8)9/h4H,2-3H2,1H3. The van der Waals surface area contributed by atoms with Crippen molar-refractivity contribution in [1.29, 1.82) is 0 Å². The summed E-state index contributed by atoms with van der Waals surface area (Å²) >= 11 is 0. The molecule has 0 fully saturated rings. The Morgan fingerprint density at radius 3 is 2.29 bits per heavy atom. The molecule has 0 aromatic carbocycles. The van der Waals surface area contributed by atoms with Crippen LogP contribution < -0.4 is 0 Å². The maximum absolute atomic E-state index is 12.1. The molecule has 14 heavy (non-hydrogen) atoms. The molecule has 1 rings (SSSR count). The van der Waals surface area contributed by atoms with Crippen LogP contribution in [0.25, 0.3) is 0 Å². The molecule has 82 valence electrons. The number of nitrogens with zero attached hydrogens (tertiary/aromatic N) is 1. The molecule has 1 atom stereocenters. The first kappa shape index (κ1) is 11.3. The van der Waals surface area contributed by atoms with E-state index in [1.54, 1.807) is 0 Å². The van der Waals surface area contributed by atoms with Crippen molar-refractivity contribution in [3.05, 3.63) is 5.21 Å². The first-order valence-electron chi connectivity index (χ1n) is 3.73. The number of alkyl halides is 3. The van der Waals surface area contributed by atoms with Gasteiger partial charge in [-0.3, -0.25) is 0 Å². The van der Waals surface area contributed by atoms with Crippen molar-refractivity contribution in [2.75, 3.05) is 0 Å². The Labute approximate surface area is 78.5 Å². The van der Waals surface area contributed by atoms with E-state index in [9.17, 15) is 26.8 Å².